The lowest BCUT2D eigenvalue weighted by Gasteiger charge is -2.34. The van der Waals surface area contributed by atoms with Crippen molar-refractivity contribution in [3.8, 4) is 0 Å². The van der Waals surface area contributed by atoms with Gasteiger partial charge in [-0.25, -0.2) is 4.79 Å². The average Bonchev–Trinajstić information content (AvgIpc) is 2.34. The number of rotatable bonds is 5. The minimum Gasteiger partial charge on any atom is -0.480 e. The van der Waals surface area contributed by atoms with Gasteiger partial charge in [0.1, 0.15) is 6.04 Å². The third kappa shape index (κ3) is 3.70. The number of hydrogen-bond donors (Lipinski definition) is 2. The number of amides is 1. The molecule has 0 spiro atoms. The van der Waals surface area contributed by atoms with E-state index in [1.54, 1.807) is 0 Å². The van der Waals surface area contributed by atoms with Crippen molar-refractivity contribution in [1.82, 2.24) is 10.2 Å². The molecule has 1 amide bonds. The number of carboxylic acids is 1. The van der Waals surface area contributed by atoms with Crippen LogP contribution in [0.15, 0.2) is 0 Å². The number of aliphatic carboxylic acids is 1. The van der Waals surface area contributed by atoms with Crippen molar-refractivity contribution in [1.29, 1.82) is 0 Å². The van der Waals surface area contributed by atoms with E-state index in [9.17, 15) is 9.59 Å². The molecule has 2 atom stereocenters. The number of carbonyl (C=O) groups is 2. The Labute approximate surface area is 102 Å². The summed E-state index contributed by atoms with van der Waals surface area (Å²) in [4.78, 5) is 24.8. The van der Waals surface area contributed by atoms with Gasteiger partial charge in [-0.05, 0) is 25.8 Å². The van der Waals surface area contributed by atoms with E-state index in [1.807, 2.05) is 13.8 Å². The van der Waals surface area contributed by atoms with Crippen LogP contribution in [-0.4, -0.2) is 47.6 Å². The molecule has 1 aliphatic rings. The molecule has 5 nitrogen and oxygen atoms in total. The maximum Gasteiger partial charge on any atom is 0.326 e. The lowest BCUT2D eigenvalue weighted by Crippen LogP contribution is -2.50. The van der Waals surface area contributed by atoms with Crippen LogP contribution in [0.2, 0.25) is 0 Å². The van der Waals surface area contributed by atoms with Gasteiger partial charge in [0.15, 0.2) is 0 Å². The van der Waals surface area contributed by atoms with Crippen LogP contribution in [0.3, 0.4) is 0 Å². The Morgan fingerprint density at radius 2 is 2.18 bits per heavy atom. The zero-order valence-electron chi connectivity index (χ0n) is 10.6. The Bertz CT molecular complexity index is 281. The van der Waals surface area contributed by atoms with Crippen LogP contribution in [0.5, 0.6) is 0 Å². The van der Waals surface area contributed by atoms with Crippen molar-refractivity contribution in [2.45, 2.75) is 39.2 Å². The van der Waals surface area contributed by atoms with Gasteiger partial charge < -0.3 is 15.3 Å². The van der Waals surface area contributed by atoms with Gasteiger partial charge in [-0.1, -0.05) is 13.8 Å². The molecule has 1 unspecified atom stereocenters. The van der Waals surface area contributed by atoms with Gasteiger partial charge in [0.05, 0.1) is 0 Å². The molecule has 17 heavy (non-hydrogen) atoms. The summed E-state index contributed by atoms with van der Waals surface area (Å²) in [5.74, 6) is -1.08. The highest BCUT2D eigenvalue weighted by Gasteiger charge is 2.33. The fourth-order valence-electron chi connectivity index (χ4n) is 2.18. The second kappa shape index (κ2) is 6.59. The predicted octanol–water partition coefficient (Wildman–Crippen LogP) is 0.698. The molecular formula is C12H22N2O3. The van der Waals surface area contributed by atoms with Crippen LogP contribution >= 0.6 is 0 Å². The first kappa shape index (κ1) is 14.0. The number of carboxylic acid groups (broad SMARTS) is 1. The first-order valence-corrected chi connectivity index (χ1v) is 6.32. The first-order chi connectivity index (χ1) is 8.07. The first-order valence-electron chi connectivity index (χ1n) is 6.32. The van der Waals surface area contributed by atoms with Gasteiger partial charge in [-0.2, -0.15) is 0 Å². The summed E-state index contributed by atoms with van der Waals surface area (Å²) in [6.07, 6.45) is 2.38. The van der Waals surface area contributed by atoms with Crippen LogP contribution < -0.4 is 5.32 Å². The zero-order chi connectivity index (χ0) is 12.8. The summed E-state index contributed by atoms with van der Waals surface area (Å²) in [6, 6.07) is -0.625. The van der Waals surface area contributed by atoms with E-state index in [2.05, 4.69) is 5.32 Å². The van der Waals surface area contributed by atoms with E-state index >= 15 is 0 Å². The number of piperidine rings is 1. The van der Waals surface area contributed by atoms with Gasteiger partial charge in [0, 0.05) is 19.0 Å². The zero-order valence-corrected chi connectivity index (χ0v) is 10.6. The normalized spacial score (nSPS) is 22.2. The summed E-state index contributed by atoms with van der Waals surface area (Å²) in [6.45, 7) is 5.83. The van der Waals surface area contributed by atoms with Crippen molar-refractivity contribution in [2.75, 3.05) is 19.6 Å². The molecule has 0 aromatic rings. The molecule has 0 radical (unpaired) electrons. The third-order valence-electron chi connectivity index (χ3n) is 3.19. The molecule has 0 aliphatic carbocycles. The Morgan fingerprint density at radius 1 is 1.47 bits per heavy atom. The molecule has 1 fully saturated rings. The standard InChI is InChI=1S/C12H22N2O3/c1-3-13-8-9(2)11(15)14-7-5-4-6-10(14)12(16)17/h9-10,13H,3-8H2,1-2H3,(H,16,17)/t9?,10-/m0/s1. The number of likely N-dealkylation sites (tertiary alicyclic amines) is 1. The van der Waals surface area contributed by atoms with E-state index in [1.165, 1.54) is 4.90 Å². The van der Waals surface area contributed by atoms with Gasteiger partial charge in [-0.3, -0.25) is 4.79 Å². The number of hydrogen-bond acceptors (Lipinski definition) is 3. The van der Waals surface area contributed by atoms with Crippen LogP contribution in [-0.2, 0) is 9.59 Å². The van der Waals surface area contributed by atoms with Crippen LogP contribution in [0.1, 0.15) is 33.1 Å². The van der Waals surface area contributed by atoms with Crippen LogP contribution in [0.25, 0.3) is 0 Å². The average molecular weight is 242 g/mol. The lowest BCUT2D eigenvalue weighted by atomic mass is 9.99. The van der Waals surface area contributed by atoms with E-state index in [-0.39, 0.29) is 11.8 Å². The second-order valence-electron chi connectivity index (χ2n) is 4.59. The van der Waals surface area contributed by atoms with Gasteiger partial charge in [-0.15, -0.1) is 0 Å². The Balaban J connectivity index is 2.61. The summed E-state index contributed by atoms with van der Waals surface area (Å²) < 4.78 is 0. The summed E-state index contributed by atoms with van der Waals surface area (Å²) in [7, 11) is 0. The maximum atomic E-state index is 12.1. The smallest absolute Gasteiger partial charge is 0.326 e. The third-order valence-corrected chi connectivity index (χ3v) is 3.19. The highest BCUT2D eigenvalue weighted by Crippen LogP contribution is 2.19. The predicted molar refractivity (Wildman–Crippen MR) is 64.7 cm³/mol. The Hall–Kier alpha value is -1.10. The maximum absolute atomic E-state index is 12.1. The molecule has 0 aromatic heterocycles. The highest BCUT2D eigenvalue weighted by molar-refractivity contribution is 5.85. The van der Waals surface area contributed by atoms with Crippen LogP contribution in [0, 0.1) is 5.92 Å². The molecule has 1 heterocycles. The molecular weight excluding hydrogens is 220 g/mol. The highest BCUT2D eigenvalue weighted by atomic mass is 16.4. The fourth-order valence-corrected chi connectivity index (χ4v) is 2.18. The van der Waals surface area contributed by atoms with Gasteiger partial charge in [0.25, 0.3) is 0 Å². The van der Waals surface area contributed by atoms with Crippen LogP contribution in [0.4, 0.5) is 0 Å². The number of carbonyl (C=O) groups excluding carboxylic acids is 1. The van der Waals surface area contributed by atoms with Crippen molar-refractivity contribution >= 4 is 11.9 Å². The Morgan fingerprint density at radius 3 is 2.76 bits per heavy atom. The molecule has 0 saturated carbocycles. The minimum atomic E-state index is -0.881. The fraction of sp³-hybridized carbons (Fsp3) is 0.833. The Kier molecular flexibility index (Phi) is 5.41. The summed E-state index contributed by atoms with van der Waals surface area (Å²) in [5.41, 5.74) is 0. The molecule has 1 aliphatic heterocycles. The SMILES string of the molecule is CCNCC(C)C(=O)N1CCCC[C@H]1C(=O)O. The molecule has 0 bridgehead atoms. The molecule has 1 rings (SSSR count). The molecule has 0 aromatic carbocycles. The van der Waals surface area contributed by atoms with E-state index < -0.39 is 12.0 Å². The van der Waals surface area contributed by atoms with Gasteiger partial charge >= 0.3 is 5.97 Å². The largest absolute Gasteiger partial charge is 0.480 e. The molecule has 1 saturated heterocycles. The van der Waals surface area contributed by atoms with Crippen molar-refractivity contribution in [3.05, 3.63) is 0 Å². The number of nitrogens with zero attached hydrogens (tertiary/aromatic N) is 1. The monoisotopic (exact) mass is 242 g/mol. The van der Waals surface area contributed by atoms with Crippen molar-refractivity contribution in [3.63, 3.8) is 0 Å². The van der Waals surface area contributed by atoms with E-state index in [0.717, 1.165) is 19.4 Å². The number of nitrogens with one attached hydrogen (secondary N) is 1. The van der Waals surface area contributed by atoms with E-state index in [4.69, 9.17) is 5.11 Å². The molecule has 98 valence electrons. The minimum absolute atomic E-state index is 0.0435. The molecule has 2 N–H and O–H groups in total. The topological polar surface area (TPSA) is 69.6 Å². The summed E-state index contributed by atoms with van der Waals surface area (Å²) >= 11 is 0. The second-order valence-corrected chi connectivity index (χ2v) is 4.59. The lowest BCUT2D eigenvalue weighted by molar-refractivity contribution is -0.153. The van der Waals surface area contributed by atoms with E-state index in [0.29, 0.717) is 19.5 Å². The summed E-state index contributed by atoms with van der Waals surface area (Å²) in [5, 5.41) is 12.2. The van der Waals surface area contributed by atoms with Crippen molar-refractivity contribution in [2.24, 2.45) is 5.92 Å². The molecule has 5 heteroatoms. The quantitative estimate of drug-likeness (QED) is 0.744. The van der Waals surface area contributed by atoms with Gasteiger partial charge in [0.2, 0.25) is 5.91 Å². The van der Waals surface area contributed by atoms with Crippen molar-refractivity contribution < 1.29 is 14.7 Å².